The molecule has 1 aliphatic rings. The summed E-state index contributed by atoms with van der Waals surface area (Å²) in [5.74, 6) is 0.722. The topological polar surface area (TPSA) is 25.2 Å². The molecule has 1 heterocycles. The van der Waals surface area contributed by atoms with E-state index < -0.39 is 0 Å². The van der Waals surface area contributed by atoms with Crippen LogP contribution in [0.25, 0.3) is 0 Å². The lowest BCUT2D eigenvalue weighted by Gasteiger charge is -2.33. The van der Waals surface area contributed by atoms with Gasteiger partial charge in [0.15, 0.2) is 0 Å². The Balaban J connectivity index is 2.20. The molecule has 1 N–H and O–H groups in total. The van der Waals surface area contributed by atoms with E-state index in [4.69, 9.17) is 4.42 Å². The maximum atomic E-state index is 5.19. The van der Waals surface area contributed by atoms with Gasteiger partial charge in [-0.15, -0.1) is 0 Å². The normalized spacial score (nSPS) is 26.7. The molecular weight excluding hydrogens is 186 g/mol. The molecule has 2 atom stereocenters. The Morgan fingerprint density at radius 1 is 1.53 bits per heavy atom. The van der Waals surface area contributed by atoms with Crippen LogP contribution in [0.1, 0.15) is 44.7 Å². The number of hydrogen-bond donors (Lipinski definition) is 1. The molecule has 0 amide bonds. The highest BCUT2D eigenvalue weighted by atomic mass is 16.3. The lowest BCUT2D eigenvalue weighted by molar-refractivity contribution is 0.203. The fraction of sp³-hybridized carbons (Fsp3) is 0.692. The molecule has 0 bridgehead atoms. The highest BCUT2D eigenvalue weighted by Crippen LogP contribution is 2.48. The minimum Gasteiger partial charge on any atom is -0.472 e. The van der Waals surface area contributed by atoms with Gasteiger partial charge in [-0.1, -0.05) is 20.3 Å². The standard InChI is InChI=1S/C13H21NO/c1-13(2)7-4-5-11(13)12(14-3)10-6-8-15-9-10/h6,8-9,11-12,14H,4-5,7H2,1-3H3. The molecule has 84 valence electrons. The molecule has 0 spiro atoms. The molecule has 0 aliphatic heterocycles. The molecule has 1 aromatic rings. The van der Waals surface area contributed by atoms with Crippen molar-refractivity contribution < 1.29 is 4.42 Å². The van der Waals surface area contributed by atoms with E-state index >= 15 is 0 Å². The molecule has 2 unspecified atom stereocenters. The van der Waals surface area contributed by atoms with Gasteiger partial charge in [0, 0.05) is 11.6 Å². The summed E-state index contributed by atoms with van der Waals surface area (Å²) in [6.07, 6.45) is 7.66. The molecule has 1 fully saturated rings. The zero-order valence-corrected chi connectivity index (χ0v) is 9.92. The van der Waals surface area contributed by atoms with Crippen LogP contribution in [-0.4, -0.2) is 7.05 Å². The smallest absolute Gasteiger partial charge is 0.0950 e. The Morgan fingerprint density at radius 3 is 2.80 bits per heavy atom. The average Bonchev–Trinajstić information content (AvgIpc) is 2.78. The first-order valence-electron chi connectivity index (χ1n) is 5.84. The maximum Gasteiger partial charge on any atom is 0.0950 e. The van der Waals surface area contributed by atoms with Crippen LogP contribution in [0.3, 0.4) is 0 Å². The van der Waals surface area contributed by atoms with Crippen molar-refractivity contribution in [2.24, 2.45) is 11.3 Å². The predicted octanol–water partition coefficient (Wildman–Crippen LogP) is 3.37. The largest absolute Gasteiger partial charge is 0.472 e. The van der Waals surface area contributed by atoms with E-state index in [1.807, 2.05) is 13.3 Å². The number of hydrogen-bond acceptors (Lipinski definition) is 2. The zero-order valence-electron chi connectivity index (χ0n) is 9.92. The van der Waals surface area contributed by atoms with Gasteiger partial charge in [-0.05, 0) is 37.3 Å². The summed E-state index contributed by atoms with van der Waals surface area (Å²) in [7, 11) is 2.05. The summed E-state index contributed by atoms with van der Waals surface area (Å²) in [6, 6.07) is 2.52. The predicted molar refractivity (Wildman–Crippen MR) is 61.6 cm³/mol. The van der Waals surface area contributed by atoms with Gasteiger partial charge in [-0.2, -0.15) is 0 Å². The summed E-state index contributed by atoms with van der Waals surface area (Å²) in [5.41, 5.74) is 1.74. The van der Waals surface area contributed by atoms with Gasteiger partial charge in [0.25, 0.3) is 0 Å². The summed E-state index contributed by atoms with van der Waals surface area (Å²) < 4.78 is 5.19. The van der Waals surface area contributed by atoms with Gasteiger partial charge in [0.1, 0.15) is 0 Å². The fourth-order valence-corrected chi connectivity index (χ4v) is 3.02. The Hall–Kier alpha value is -0.760. The Bertz CT molecular complexity index is 302. The fourth-order valence-electron chi connectivity index (χ4n) is 3.02. The SMILES string of the molecule is CNC(c1ccoc1)C1CCCC1(C)C. The third-order valence-electron chi connectivity index (χ3n) is 3.96. The molecule has 1 aliphatic carbocycles. The van der Waals surface area contributed by atoms with Gasteiger partial charge >= 0.3 is 0 Å². The van der Waals surface area contributed by atoms with Crippen LogP contribution in [0.4, 0.5) is 0 Å². The van der Waals surface area contributed by atoms with Crippen molar-refractivity contribution in [3.63, 3.8) is 0 Å². The van der Waals surface area contributed by atoms with Crippen molar-refractivity contribution in [1.29, 1.82) is 0 Å². The van der Waals surface area contributed by atoms with Gasteiger partial charge in [-0.25, -0.2) is 0 Å². The van der Waals surface area contributed by atoms with Crippen molar-refractivity contribution in [2.45, 2.75) is 39.2 Å². The van der Waals surface area contributed by atoms with E-state index in [9.17, 15) is 0 Å². The van der Waals surface area contributed by atoms with Crippen molar-refractivity contribution in [3.8, 4) is 0 Å². The van der Waals surface area contributed by atoms with Crippen LogP contribution in [0.2, 0.25) is 0 Å². The first-order valence-corrected chi connectivity index (χ1v) is 5.84. The number of nitrogens with one attached hydrogen (secondary N) is 1. The van der Waals surface area contributed by atoms with Crippen LogP contribution in [0.5, 0.6) is 0 Å². The molecule has 1 aromatic heterocycles. The van der Waals surface area contributed by atoms with Crippen molar-refractivity contribution >= 4 is 0 Å². The molecule has 15 heavy (non-hydrogen) atoms. The van der Waals surface area contributed by atoms with E-state index in [0.717, 1.165) is 5.92 Å². The Kier molecular flexibility index (Phi) is 2.87. The van der Waals surface area contributed by atoms with Gasteiger partial charge in [-0.3, -0.25) is 0 Å². The molecular formula is C13H21NO. The second-order valence-electron chi connectivity index (χ2n) is 5.31. The number of furan rings is 1. The van der Waals surface area contributed by atoms with Gasteiger partial charge < -0.3 is 9.73 Å². The average molecular weight is 207 g/mol. The second kappa shape index (κ2) is 4.01. The quantitative estimate of drug-likeness (QED) is 0.822. The zero-order chi connectivity index (χ0) is 10.9. The molecule has 2 rings (SSSR count). The highest BCUT2D eigenvalue weighted by Gasteiger charge is 2.39. The lowest BCUT2D eigenvalue weighted by Crippen LogP contribution is -2.31. The van der Waals surface area contributed by atoms with Crippen LogP contribution in [0.15, 0.2) is 23.0 Å². The van der Waals surface area contributed by atoms with Crippen molar-refractivity contribution in [2.75, 3.05) is 7.05 Å². The molecule has 2 heteroatoms. The molecule has 2 nitrogen and oxygen atoms in total. The Labute approximate surface area is 92.1 Å². The van der Waals surface area contributed by atoms with Crippen molar-refractivity contribution in [1.82, 2.24) is 5.32 Å². The maximum absolute atomic E-state index is 5.19. The molecule has 0 saturated heterocycles. The minimum atomic E-state index is 0.446. The third-order valence-corrected chi connectivity index (χ3v) is 3.96. The van der Waals surface area contributed by atoms with Gasteiger partial charge in [0.05, 0.1) is 12.5 Å². The van der Waals surface area contributed by atoms with Crippen LogP contribution in [0, 0.1) is 11.3 Å². The number of rotatable bonds is 3. The lowest BCUT2D eigenvalue weighted by atomic mass is 9.76. The molecule has 1 saturated carbocycles. The first kappa shape index (κ1) is 10.7. The molecule has 0 aromatic carbocycles. The minimum absolute atomic E-state index is 0.446. The highest BCUT2D eigenvalue weighted by molar-refractivity contribution is 5.14. The monoisotopic (exact) mass is 207 g/mol. The summed E-state index contributed by atoms with van der Waals surface area (Å²) in [4.78, 5) is 0. The first-order chi connectivity index (χ1) is 7.15. The van der Waals surface area contributed by atoms with Gasteiger partial charge in [0.2, 0.25) is 0 Å². The van der Waals surface area contributed by atoms with Crippen molar-refractivity contribution in [3.05, 3.63) is 24.2 Å². The van der Waals surface area contributed by atoms with E-state index in [1.54, 1.807) is 6.26 Å². The summed E-state index contributed by atoms with van der Waals surface area (Å²) in [5, 5.41) is 3.44. The second-order valence-corrected chi connectivity index (χ2v) is 5.31. The summed E-state index contributed by atoms with van der Waals surface area (Å²) >= 11 is 0. The van der Waals surface area contributed by atoms with E-state index in [-0.39, 0.29) is 0 Å². The van der Waals surface area contributed by atoms with E-state index in [2.05, 4.69) is 25.2 Å². The van der Waals surface area contributed by atoms with E-state index in [1.165, 1.54) is 24.8 Å². The third kappa shape index (κ3) is 1.96. The van der Waals surface area contributed by atoms with Crippen LogP contribution in [-0.2, 0) is 0 Å². The summed E-state index contributed by atoms with van der Waals surface area (Å²) in [6.45, 7) is 4.77. The van der Waals surface area contributed by atoms with E-state index in [0.29, 0.717) is 11.5 Å². The Morgan fingerprint density at radius 2 is 2.33 bits per heavy atom. The molecule has 0 radical (unpaired) electrons. The van der Waals surface area contributed by atoms with Crippen LogP contribution >= 0.6 is 0 Å². The van der Waals surface area contributed by atoms with Crippen LogP contribution < -0.4 is 5.32 Å².